The molecule has 0 aliphatic carbocycles. The van der Waals surface area contributed by atoms with Crippen LogP contribution in [-0.4, -0.2) is 48.4 Å². The van der Waals surface area contributed by atoms with E-state index in [0.29, 0.717) is 18.2 Å². The molecule has 1 heterocycles. The first-order valence-corrected chi connectivity index (χ1v) is 8.59. The molecule has 1 amide bonds. The average molecular weight is 495 g/mol. The summed E-state index contributed by atoms with van der Waals surface area (Å²) in [5.74, 6) is -10.8. The van der Waals surface area contributed by atoms with E-state index in [1.807, 2.05) is 0 Å². The van der Waals surface area contributed by atoms with Crippen LogP contribution in [0.2, 0.25) is 0 Å². The summed E-state index contributed by atoms with van der Waals surface area (Å²) in [7, 11) is 0. The third-order valence-corrected chi connectivity index (χ3v) is 4.70. The van der Waals surface area contributed by atoms with Crippen LogP contribution in [0.1, 0.15) is 19.4 Å². The molecule has 2 atom stereocenters. The molecule has 1 aromatic rings. The van der Waals surface area contributed by atoms with Crippen LogP contribution in [-0.2, 0) is 24.6 Å². The molecule has 1 aliphatic rings. The second-order valence-electron chi connectivity index (χ2n) is 7.08. The van der Waals surface area contributed by atoms with Crippen LogP contribution in [0.3, 0.4) is 0 Å². The van der Waals surface area contributed by atoms with E-state index in [1.54, 1.807) is 0 Å². The smallest absolute Gasteiger partial charge is 0.459 e. The van der Waals surface area contributed by atoms with E-state index >= 15 is 0 Å². The van der Waals surface area contributed by atoms with Gasteiger partial charge in [0.05, 0.1) is 0 Å². The molecule has 0 saturated carbocycles. The molecule has 2 rings (SSSR count). The second kappa shape index (κ2) is 7.98. The number of alkyl halides is 8. The average Bonchev–Trinajstić information content (AvgIpc) is 2.64. The molecular weight excluding hydrogens is 481 g/mol. The molecule has 2 unspecified atom stereocenters. The van der Waals surface area contributed by atoms with Gasteiger partial charge in [-0.25, -0.2) is 14.2 Å². The Morgan fingerprint density at radius 1 is 1.18 bits per heavy atom. The number of rotatable bonds is 4. The number of amidine groups is 1. The lowest BCUT2D eigenvalue weighted by molar-refractivity contribution is -0.269. The van der Waals surface area contributed by atoms with Crippen LogP contribution in [0.15, 0.2) is 23.2 Å². The number of aliphatic imine (C=N–C) groups is 1. The van der Waals surface area contributed by atoms with Crippen molar-refractivity contribution in [3.63, 3.8) is 0 Å². The number of hydrogen-bond donors (Lipinski definition) is 2. The molecule has 0 saturated heterocycles. The van der Waals surface area contributed by atoms with Crippen molar-refractivity contribution in [2.45, 2.75) is 43.3 Å². The minimum Gasteiger partial charge on any atom is -0.459 e. The van der Waals surface area contributed by atoms with E-state index in [4.69, 9.17) is 5.73 Å². The SMILES string of the molecule is CC(OC(=O)C(F)(F)F)(C(=O)Nc1ccc(F)c(C2(C)N=C(N)OCC2(F)F)c1)C(F)(F)F. The Morgan fingerprint density at radius 2 is 1.76 bits per heavy atom. The lowest BCUT2D eigenvalue weighted by atomic mass is 9.85. The van der Waals surface area contributed by atoms with Crippen molar-refractivity contribution >= 4 is 23.6 Å². The third-order valence-electron chi connectivity index (χ3n) is 4.70. The fourth-order valence-electron chi connectivity index (χ4n) is 2.60. The molecule has 184 valence electrons. The van der Waals surface area contributed by atoms with Gasteiger partial charge in [-0.2, -0.15) is 35.1 Å². The number of carbonyl (C=O) groups excluding carboxylic acids is 2. The van der Waals surface area contributed by atoms with Gasteiger partial charge < -0.3 is 20.5 Å². The van der Waals surface area contributed by atoms with Gasteiger partial charge >= 0.3 is 24.2 Å². The lowest BCUT2D eigenvalue weighted by Gasteiger charge is -2.37. The standard InChI is InChI=1S/C17H14F9N3O4/c1-13(15(19,20)6-32-12(27)29-13)8-5-7(3-4-9(8)18)28-10(30)14(2,17(24,25)26)33-11(31)16(21,22)23/h3-5H,6H2,1-2H3,(H2,27,29)(H,28,30). The topological polar surface area (TPSA) is 103 Å². The maximum atomic E-state index is 14.4. The van der Waals surface area contributed by atoms with Gasteiger partial charge in [0.2, 0.25) is 0 Å². The molecule has 1 aromatic carbocycles. The molecule has 3 N–H and O–H groups in total. The number of carbonyl (C=O) groups is 2. The Morgan fingerprint density at radius 3 is 2.27 bits per heavy atom. The molecule has 16 heteroatoms. The maximum Gasteiger partial charge on any atom is 0.490 e. The van der Waals surface area contributed by atoms with E-state index in [-0.39, 0.29) is 6.92 Å². The predicted molar refractivity (Wildman–Crippen MR) is 91.5 cm³/mol. The van der Waals surface area contributed by atoms with E-state index in [1.165, 1.54) is 5.32 Å². The maximum absolute atomic E-state index is 14.4. The zero-order valence-electron chi connectivity index (χ0n) is 16.5. The number of ether oxygens (including phenoxy) is 2. The number of benzene rings is 1. The van der Waals surface area contributed by atoms with Crippen LogP contribution in [0.4, 0.5) is 45.2 Å². The van der Waals surface area contributed by atoms with Crippen LogP contribution in [0.25, 0.3) is 0 Å². The Kier molecular flexibility index (Phi) is 6.30. The number of nitrogens with two attached hydrogens (primary N) is 1. The van der Waals surface area contributed by atoms with E-state index < -0.39 is 71.0 Å². The summed E-state index contributed by atoms with van der Waals surface area (Å²) < 4.78 is 128. The number of nitrogens with one attached hydrogen (secondary N) is 1. The van der Waals surface area contributed by atoms with Crippen LogP contribution in [0, 0.1) is 5.82 Å². The molecule has 0 bridgehead atoms. The quantitative estimate of drug-likeness (QED) is 0.493. The highest BCUT2D eigenvalue weighted by Crippen LogP contribution is 2.45. The number of amides is 1. The van der Waals surface area contributed by atoms with Gasteiger partial charge in [0, 0.05) is 11.3 Å². The predicted octanol–water partition coefficient (Wildman–Crippen LogP) is 3.39. The van der Waals surface area contributed by atoms with Crippen molar-refractivity contribution in [3.05, 3.63) is 29.6 Å². The highest BCUT2D eigenvalue weighted by Gasteiger charge is 2.63. The normalized spacial score (nSPS) is 22.5. The van der Waals surface area contributed by atoms with Crippen molar-refractivity contribution < 1.29 is 58.6 Å². The van der Waals surface area contributed by atoms with E-state index in [0.717, 1.165) is 6.92 Å². The van der Waals surface area contributed by atoms with Crippen molar-refractivity contribution in [2.75, 3.05) is 11.9 Å². The molecule has 33 heavy (non-hydrogen) atoms. The number of esters is 1. The Balaban J connectivity index is 2.48. The molecule has 0 radical (unpaired) electrons. The first kappa shape index (κ1) is 26.1. The van der Waals surface area contributed by atoms with Gasteiger partial charge in [0.15, 0.2) is 12.1 Å². The second-order valence-corrected chi connectivity index (χ2v) is 7.08. The molecule has 7 nitrogen and oxygen atoms in total. The molecule has 1 aliphatic heterocycles. The summed E-state index contributed by atoms with van der Waals surface area (Å²) >= 11 is 0. The van der Waals surface area contributed by atoms with Crippen molar-refractivity contribution in [3.8, 4) is 0 Å². The lowest BCUT2D eigenvalue weighted by Crippen LogP contribution is -2.56. The van der Waals surface area contributed by atoms with Crippen molar-refractivity contribution in [1.82, 2.24) is 0 Å². The monoisotopic (exact) mass is 495 g/mol. The Labute approximate surface area is 178 Å². The number of hydrogen-bond acceptors (Lipinski definition) is 6. The van der Waals surface area contributed by atoms with Gasteiger partial charge in [-0.05, 0) is 32.0 Å². The fourth-order valence-corrected chi connectivity index (χ4v) is 2.60. The summed E-state index contributed by atoms with van der Waals surface area (Å²) in [6.45, 7) is -0.749. The molecular formula is C17H14F9N3O4. The Hall–Kier alpha value is -3.20. The molecule has 0 aromatic heterocycles. The zero-order valence-corrected chi connectivity index (χ0v) is 16.5. The summed E-state index contributed by atoms with van der Waals surface area (Å²) in [4.78, 5) is 26.5. The number of halogens is 9. The number of anilines is 1. The first-order chi connectivity index (χ1) is 14.7. The Bertz CT molecular complexity index is 993. The number of nitrogens with zero attached hydrogens (tertiary/aromatic N) is 1. The van der Waals surface area contributed by atoms with Crippen LogP contribution < -0.4 is 11.1 Å². The van der Waals surface area contributed by atoms with Crippen LogP contribution in [0.5, 0.6) is 0 Å². The largest absolute Gasteiger partial charge is 0.490 e. The summed E-state index contributed by atoms with van der Waals surface area (Å²) in [6.07, 6.45) is -11.7. The summed E-state index contributed by atoms with van der Waals surface area (Å²) in [5, 5.41) is 1.48. The highest BCUT2D eigenvalue weighted by atomic mass is 19.4. The van der Waals surface area contributed by atoms with Gasteiger partial charge in [0.1, 0.15) is 5.82 Å². The third kappa shape index (κ3) is 4.78. The first-order valence-electron chi connectivity index (χ1n) is 8.59. The highest BCUT2D eigenvalue weighted by molar-refractivity contribution is 5.99. The van der Waals surface area contributed by atoms with Crippen molar-refractivity contribution in [1.29, 1.82) is 0 Å². The van der Waals surface area contributed by atoms with Gasteiger partial charge in [-0.15, -0.1) is 0 Å². The van der Waals surface area contributed by atoms with E-state index in [9.17, 15) is 49.1 Å². The minimum atomic E-state index is -5.86. The summed E-state index contributed by atoms with van der Waals surface area (Å²) in [6, 6.07) is 0.847. The zero-order chi connectivity index (χ0) is 25.6. The molecule has 0 fully saturated rings. The van der Waals surface area contributed by atoms with Gasteiger partial charge in [-0.3, -0.25) is 4.79 Å². The fraction of sp³-hybridized carbons (Fsp3) is 0.471. The van der Waals surface area contributed by atoms with E-state index in [2.05, 4.69) is 14.5 Å². The van der Waals surface area contributed by atoms with Crippen LogP contribution >= 0.6 is 0 Å². The van der Waals surface area contributed by atoms with Gasteiger partial charge in [0.25, 0.3) is 17.5 Å². The minimum absolute atomic E-state index is 0.157. The summed E-state index contributed by atoms with van der Waals surface area (Å²) in [5.41, 5.74) is -3.50. The molecule has 0 spiro atoms. The van der Waals surface area contributed by atoms with Gasteiger partial charge in [-0.1, -0.05) is 0 Å². The van der Waals surface area contributed by atoms with Crippen molar-refractivity contribution in [2.24, 2.45) is 10.7 Å².